The summed E-state index contributed by atoms with van der Waals surface area (Å²) in [5.41, 5.74) is 3.78. The zero-order valence-electron chi connectivity index (χ0n) is 14.8. The van der Waals surface area contributed by atoms with Gasteiger partial charge in [0, 0.05) is 49.9 Å². The molecule has 0 aliphatic carbocycles. The lowest BCUT2D eigenvalue weighted by Crippen LogP contribution is -2.40. The molecule has 1 aromatic carbocycles. The highest BCUT2D eigenvalue weighted by Gasteiger charge is 2.40. The van der Waals surface area contributed by atoms with Crippen LogP contribution in [0.15, 0.2) is 30.5 Å². The summed E-state index contributed by atoms with van der Waals surface area (Å²) in [6.45, 7) is 4.18. The Morgan fingerprint density at radius 1 is 1.12 bits per heavy atom. The topological polar surface area (TPSA) is 61.7 Å². The van der Waals surface area contributed by atoms with Crippen molar-refractivity contribution in [3.63, 3.8) is 0 Å². The van der Waals surface area contributed by atoms with E-state index >= 15 is 0 Å². The molecule has 2 bridgehead atoms. The summed E-state index contributed by atoms with van der Waals surface area (Å²) in [5.74, 6) is 1.18. The molecule has 1 N–H and O–H groups in total. The number of phenolic OH excluding ortho intramolecular Hbond substituents is 1. The van der Waals surface area contributed by atoms with Crippen molar-refractivity contribution in [1.82, 2.24) is 14.9 Å². The second-order valence-electron chi connectivity index (χ2n) is 7.46. The lowest BCUT2D eigenvalue weighted by molar-refractivity contribution is 0.122. The molecule has 6 heteroatoms. The average Bonchev–Trinajstić information content (AvgIpc) is 2.95. The lowest BCUT2D eigenvalue weighted by Gasteiger charge is -2.36. The molecule has 0 spiro atoms. The van der Waals surface area contributed by atoms with Crippen LogP contribution >= 0.6 is 0 Å². The number of phenols is 1. The molecule has 2 saturated heterocycles. The van der Waals surface area contributed by atoms with Crippen molar-refractivity contribution in [2.75, 3.05) is 31.2 Å². The molecule has 136 valence electrons. The van der Waals surface area contributed by atoms with E-state index in [4.69, 9.17) is 9.72 Å². The number of ether oxygens (including phenoxy) is 1. The van der Waals surface area contributed by atoms with E-state index in [0.29, 0.717) is 17.8 Å². The van der Waals surface area contributed by atoms with Crippen molar-refractivity contribution in [1.29, 1.82) is 0 Å². The Hall–Kier alpha value is -2.18. The van der Waals surface area contributed by atoms with Gasteiger partial charge in [-0.15, -0.1) is 0 Å². The van der Waals surface area contributed by atoms with Crippen LogP contribution in [-0.2, 0) is 17.7 Å². The quantitative estimate of drug-likeness (QED) is 0.914. The van der Waals surface area contributed by atoms with Gasteiger partial charge in [0.25, 0.3) is 0 Å². The van der Waals surface area contributed by atoms with E-state index in [0.717, 1.165) is 45.2 Å². The molecule has 2 aromatic rings. The third kappa shape index (κ3) is 2.83. The van der Waals surface area contributed by atoms with Crippen molar-refractivity contribution in [2.45, 2.75) is 37.9 Å². The summed E-state index contributed by atoms with van der Waals surface area (Å²) in [7, 11) is 0. The van der Waals surface area contributed by atoms with Crippen molar-refractivity contribution in [3.8, 4) is 5.75 Å². The van der Waals surface area contributed by atoms with Crippen LogP contribution in [0.3, 0.4) is 0 Å². The highest BCUT2D eigenvalue weighted by atomic mass is 16.5. The molecule has 0 saturated carbocycles. The minimum atomic E-state index is 0.324. The van der Waals surface area contributed by atoms with Gasteiger partial charge < -0.3 is 14.7 Å². The van der Waals surface area contributed by atoms with Crippen LogP contribution in [0.2, 0.25) is 0 Å². The summed E-state index contributed by atoms with van der Waals surface area (Å²) in [5, 5.41) is 9.50. The van der Waals surface area contributed by atoms with Gasteiger partial charge in [0.2, 0.25) is 5.95 Å². The van der Waals surface area contributed by atoms with Crippen LogP contribution in [0.4, 0.5) is 5.95 Å². The monoisotopic (exact) mass is 352 g/mol. The van der Waals surface area contributed by atoms with E-state index in [9.17, 15) is 5.11 Å². The Labute approximate surface area is 153 Å². The Bertz CT molecular complexity index is 789. The molecule has 1 aromatic heterocycles. The number of rotatable bonds is 3. The normalized spacial score (nSPS) is 25.3. The Morgan fingerprint density at radius 3 is 2.73 bits per heavy atom. The number of hydrogen-bond donors (Lipinski definition) is 1. The lowest BCUT2D eigenvalue weighted by atomic mass is 9.98. The first-order chi connectivity index (χ1) is 12.8. The Balaban J connectivity index is 1.39. The molecule has 3 aliphatic rings. The van der Waals surface area contributed by atoms with E-state index in [1.807, 2.05) is 12.1 Å². The molecular formula is C20H24N4O2. The smallest absolute Gasteiger partial charge is 0.225 e. The molecule has 2 atom stereocenters. The fraction of sp³-hybridized carbons (Fsp3) is 0.500. The van der Waals surface area contributed by atoms with Crippen LogP contribution in [0, 0.1) is 0 Å². The van der Waals surface area contributed by atoms with Gasteiger partial charge in [0.15, 0.2) is 0 Å². The molecule has 0 unspecified atom stereocenters. The van der Waals surface area contributed by atoms with Gasteiger partial charge in [-0.1, -0.05) is 12.1 Å². The largest absolute Gasteiger partial charge is 0.508 e. The van der Waals surface area contributed by atoms with Gasteiger partial charge in [-0.3, -0.25) is 4.90 Å². The number of fused-ring (bicyclic) bond motifs is 4. The second-order valence-corrected chi connectivity index (χ2v) is 7.46. The van der Waals surface area contributed by atoms with Crippen molar-refractivity contribution >= 4 is 5.95 Å². The van der Waals surface area contributed by atoms with Crippen LogP contribution in [0.25, 0.3) is 0 Å². The first-order valence-electron chi connectivity index (χ1n) is 9.50. The maximum absolute atomic E-state index is 9.50. The van der Waals surface area contributed by atoms with Crippen LogP contribution in [0.1, 0.15) is 35.7 Å². The number of hydrogen-bond acceptors (Lipinski definition) is 6. The fourth-order valence-electron chi connectivity index (χ4n) is 4.54. The van der Waals surface area contributed by atoms with Crippen molar-refractivity contribution < 1.29 is 9.84 Å². The molecule has 0 radical (unpaired) electrons. The predicted octanol–water partition coefficient (Wildman–Crippen LogP) is 2.28. The number of benzene rings is 1. The number of morpholine rings is 1. The molecule has 3 aliphatic heterocycles. The van der Waals surface area contributed by atoms with E-state index in [1.54, 1.807) is 12.1 Å². The van der Waals surface area contributed by atoms with Crippen LogP contribution in [0.5, 0.6) is 5.75 Å². The molecule has 26 heavy (non-hydrogen) atoms. The second kappa shape index (κ2) is 6.52. The van der Waals surface area contributed by atoms with E-state index in [2.05, 4.69) is 21.0 Å². The summed E-state index contributed by atoms with van der Waals surface area (Å²) in [6.07, 6.45) is 5.45. The van der Waals surface area contributed by atoms with E-state index < -0.39 is 0 Å². The number of nitrogens with zero attached hydrogens (tertiary/aromatic N) is 4. The van der Waals surface area contributed by atoms with E-state index in [1.165, 1.54) is 29.7 Å². The van der Waals surface area contributed by atoms with Crippen LogP contribution in [-0.4, -0.2) is 52.3 Å². The highest BCUT2D eigenvalue weighted by Crippen LogP contribution is 2.44. The fourth-order valence-corrected chi connectivity index (χ4v) is 4.54. The summed E-state index contributed by atoms with van der Waals surface area (Å²) >= 11 is 0. The third-order valence-corrected chi connectivity index (χ3v) is 5.91. The summed E-state index contributed by atoms with van der Waals surface area (Å²) < 4.78 is 5.44. The molecular weight excluding hydrogens is 328 g/mol. The van der Waals surface area contributed by atoms with Gasteiger partial charge in [0.1, 0.15) is 5.75 Å². The number of anilines is 1. The van der Waals surface area contributed by atoms with Crippen molar-refractivity contribution in [3.05, 3.63) is 47.3 Å². The zero-order valence-corrected chi connectivity index (χ0v) is 14.8. The standard InChI is InChI=1S/C20H24N4O2/c25-16-4-1-14(2-5-16)13-24-15-3-6-19(24)17-12-21-20(22-18(17)11-15)23-7-9-26-10-8-23/h1-2,4-5,12,15,19,25H,3,6-11,13H2/t15-,19-/m1/s1. The molecule has 4 heterocycles. The molecule has 2 fully saturated rings. The van der Waals surface area contributed by atoms with Gasteiger partial charge in [-0.05, 0) is 30.5 Å². The minimum absolute atomic E-state index is 0.324. The maximum atomic E-state index is 9.50. The first kappa shape index (κ1) is 16.0. The Kier molecular flexibility index (Phi) is 4.02. The van der Waals surface area contributed by atoms with Crippen LogP contribution < -0.4 is 4.90 Å². The van der Waals surface area contributed by atoms with E-state index in [-0.39, 0.29) is 0 Å². The molecule has 5 rings (SSSR count). The highest BCUT2D eigenvalue weighted by molar-refractivity contribution is 5.38. The van der Waals surface area contributed by atoms with Gasteiger partial charge in [-0.2, -0.15) is 0 Å². The van der Waals surface area contributed by atoms with Crippen molar-refractivity contribution in [2.24, 2.45) is 0 Å². The maximum Gasteiger partial charge on any atom is 0.225 e. The number of aromatic nitrogens is 2. The molecule has 0 amide bonds. The molecule has 6 nitrogen and oxygen atoms in total. The summed E-state index contributed by atoms with van der Waals surface area (Å²) in [6, 6.07) is 8.54. The van der Waals surface area contributed by atoms with Gasteiger partial charge in [-0.25, -0.2) is 9.97 Å². The summed E-state index contributed by atoms with van der Waals surface area (Å²) in [4.78, 5) is 14.4. The minimum Gasteiger partial charge on any atom is -0.508 e. The zero-order chi connectivity index (χ0) is 17.5. The SMILES string of the molecule is Oc1ccc(CN2[C@@H]3CC[C@@H]2c2cnc(N4CCOCC4)nc2C3)cc1. The number of aromatic hydroxyl groups is 1. The predicted molar refractivity (Wildman–Crippen MR) is 98.2 cm³/mol. The third-order valence-electron chi connectivity index (χ3n) is 5.91. The Morgan fingerprint density at radius 2 is 1.92 bits per heavy atom. The average molecular weight is 352 g/mol. The first-order valence-corrected chi connectivity index (χ1v) is 9.50. The van der Waals surface area contributed by atoms with Gasteiger partial charge in [0.05, 0.1) is 18.9 Å². The van der Waals surface area contributed by atoms with Gasteiger partial charge >= 0.3 is 0 Å².